The standard InChI is InChI=1S/C23H22ClF2N3O2/c1-29-13-17(21(28-29)16-7-6-15(25)12-20(16)26)22(30)27-14-23(8-10-31-11-9-23)18-4-2-3-5-19(18)24/h2-7,12-13H,8-11,14H2,1H3,(H,27,30). The fraction of sp³-hybridized carbons (Fsp3) is 0.304. The number of aryl methyl sites for hydroxylation is 1. The van der Waals surface area contributed by atoms with Crippen molar-refractivity contribution in [1.82, 2.24) is 15.1 Å². The van der Waals surface area contributed by atoms with Crippen LogP contribution in [0.15, 0.2) is 48.7 Å². The second kappa shape index (κ2) is 8.77. The first-order valence-electron chi connectivity index (χ1n) is 10.00. The average molecular weight is 446 g/mol. The molecule has 1 aliphatic rings. The lowest BCUT2D eigenvalue weighted by Crippen LogP contribution is -2.44. The van der Waals surface area contributed by atoms with E-state index in [-0.39, 0.29) is 28.1 Å². The molecule has 1 fully saturated rings. The second-order valence-corrected chi connectivity index (χ2v) is 8.15. The summed E-state index contributed by atoms with van der Waals surface area (Å²) in [5, 5.41) is 7.86. The van der Waals surface area contributed by atoms with Crippen molar-refractivity contribution in [3.05, 3.63) is 76.4 Å². The third-order valence-electron chi connectivity index (χ3n) is 5.74. The number of amides is 1. The fourth-order valence-corrected chi connectivity index (χ4v) is 4.41. The molecule has 3 aromatic rings. The van der Waals surface area contributed by atoms with Crippen molar-refractivity contribution in [3.63, 3.8) is 0 Å². The van der Waals surface area contributed by atoms with E-state index in [0.717, 1.165) is 17.7 Å². The average Bonchev–Trinajstić information content (AvgIpc) is 3.14. The number of rotatable bonds is 5. The van der Waals surface area contributed by atoms with E-state index in [4.69, 9.17) is 16.3 Å². The van der Waals surface area contributed by atoms with E-state index in [1.807, 2.05) is 24.3 Å². The minimum absolute atomic E-state index is 0.0685. The summed E-state index contributed by atoms with van der Waals surface area (Å²) in [6, 6.07) is 10.8. The molecule has 1 saturated heterocycles. The highest BCUT2D eigenvalue weighted by atomic mass is 35.5. The largest absolute Gasteiger partial charge is 0.381 e. The molecule has 0 aliphatic carbocycles. The number of halogens is 3. The zero-order valence-corrected chi connectivity index (χ0v) is 17.8. The summed E-state index contributed by atoms with van der Waals surface area (Å²) in [4.78, 5) is 13.1. The molecule has 1 amide bonds. The van der Waals surface area contributed by atoms with Gasteiger partial charge in [0.1, 0.15) is 17.3 Å². The molecule has 1 N–H and O–H groups in total. The molecular formula is C23H22ClF2N3O2. The van der Waals surface area contributed by atoms with Crippen molar-refractivity contribution < 1.29 is 18.3 Å². The minimum atomic E-state index is -0.773. The molecule has 4 rings (SSSR count). The predicted octanol–water partition coefficient (Wildman–Crippen LogP) is 4.50. The van der Waals surface area contributed by atoms with Crippen molar-refractivity contribution in [3.8, 4) is 11.3 Å². The van der Waals surface area contributed by atoms with Gasteiger partial charge in [-0.1, -0.05) is 29.8 Å². The minimum Gasteiger partial charge on any atom is -0.381 e. The van der Waals surface area contributed by atoms with E-state index in [2.05, 4.69) is 10.4 Å². The van der Waals surface area contributed by atoms with Gasteiger partial charge in [-0.3, -0.25) is 9.48 Å². The Hall–Kier alpha value is -2.77. The van der Waals surface area contributed by atoms with Crippen LogP contribution < -0.4 is 5.32 Å². The molecular weight excluding hydrogens is 424 g/mol. The highest BCUT2D eigenvalue weighted by Crippen LogP contribution is 2.38. The Labute approximate surface area is 184 Å². The van der Waals surface area contributed by atoms with Crippen LogP contribution in [0.4, 0.5) is 8.78 Å². The van der Waals surface area contributed by atoms with Crippen LogP contribution in [0.2, 0.25) is 5.02 Å². The zero-order chi connectivity index (χ0) is 22.0. The Morgan fingerprint density at radius 1 is 1.23 bits per heavy atom. The predicted molar refractivity (Wildman–Crippen MR) is 114 cm³/mol. The highest BCUT2D eigenvalue weighted by Gasteiger charge is 2.36. The Kier molecular flexibility index (Phi) is 6.07. The van der Waals surface area contributed by atoms with Gasteiger partial charge in [-0.05, 0) is 36.6 Å². The molecule has 162 valence electrons. The summed E-state index contributed by atoms with van der Waals surface area (Å²) in [6.45, 7) is 1.49. The van der Waals surface area contributed by atoms with E-state index in [1.54, 1.807) is 7.05 Å². The van der Waals surface area contributed by atoms with Gasteiger partial charge in [0.25, 0.3) is 5.91 Å². The van der Waals surface area contributed by atoms with E-state index in [1.165, 1.54) is 16.9 Å². The van der Waals surface area contributed by atoms with Crippen molar-refractivity contribution in [2.24, 2.45) is 7.05 Å². The van der Waals surface area contributed by atoms with Gasteiger partial charge in [0.2, 0.25) is 0 Å². The van der Waals surface area contributed by atoms with Crippen molar-refractivity contribution in [2.45, 2.75) is 18.3 Å². The van der Waals surface area contributed by atoms with Gasteiger partial charge in [-0.2, -0.15) is 5.10 Å². The molecule has 8 heteroatoms. The fourth-order valence-electron chi connectivity index (χ4n) is 4.07. The van der Waals surface area contributed by atoms with Gasteiger partial charge < -0.3 is 10.1 Å². The van der Waals surface area contributed by atoms with Crippen LogP contribution in [0.5, 0.6) is 0 Å². The van der Waals surface area contributed by atoms with Crippen LogP contribution in [0.25, 0.3) is 11.3 Å². The number of aromatic nitrogens is 2. The van der Waals surface area contributed by atoms with Crippen molar-refractivity contribution in [1.29, 1.82) is 0 Å². The number of carbonyl (C=O) groups is 1. The number of nitrogens with zero attached hydrogens (tertiary/aromatic N) is 2. The Morgan fingerprint density at radius 2 is 1.97 bits per heavy atom. The van der Waals surface area contributed by atoms with Gasteiger partial charge in [0.15, 0.2) is 0 Å². The van der Waals surface area contributed by atoms with Gasteiger partial charge in [0, 0.05) is 55.1 Å². The Balaban J connectivity index is 1.62. The van der Waals surface area contributed by atoms with Crippen molar-refractivity contribution in [2.75, 3.05) is 19.8 Å². The van der Waals surface area contributed by atoms with Crippen LogP contribution in [-0.4, -0.2) is 35.4 Å². The molecule has 1 aliphatic heterocycles. The van der Waals surface area contributed by atoms with Crippen LogP contribution in [0.3, 0.4) is 0 Å². The summed E-state index contributed by atoms with van der Waals surface area (Å²) in [5.41, 5.74) is 1.05. The molecule has 0 atom stereocenters. The van der Waals surface area contributed by atoms with Gasteiger partial charge in [0.05, 0.1) is 5.56 Å². The zero-order valence-electron chi connectivity index (χ0n) is 17.0. The number of carbonyl (C=O) groups excluding carboxylic acids is 1. The monoisotopic (exact) mass is 445 g/mol. The van der Waals surface area contributed by atoms with E-state index < -0.39 is 11.6 Å². The number of ether oxygens (including phenoxy) is 1. The quantitative estimate of drug-likeness (QED) is 0.629. The first kappa shape index (κ1) is 21.5. The molecule has 2 aromatic carbocycles. The molecule has 0 saturated carbocycles. The number of hydrogen-bond acceptors (Lipinski definition) is 3. The third kappa shape index (κ3) is 4.34. The molecule has 2 heterocycles. The molecule has 5 nitrogen and oxygen atoms in total. The lowest BCUT2D eigenvalue weighted by atomic mass is 9.74. The van der Waals surface area contributed by atoms with Gasteiger partial charge in [-0.25, -0.2) is 8.78 Å². The normalized spacial score (nSPS) is 15.6. The summed E-state index contributed by atoms with van der Waals surface area (Å²) in [7, 11) is 1.64. The smallest absolute Gasteiger partial charge is 0.255 e. The molecule has 0 radical (unpaired) electrons. The summed E-state index contributed by atoms with van der Waals surface area (Å²) in [5.74, 6) is -1.85. The third-order valence-corrected chi connectivity index (χ3v) is 6.07. The topological polar surface area (TPSA) is 56.2 Å². The number of benzene rings is 2. The summed E-state index contributed by atoms with van der Waals surface area (Å²) in [6.07, 6.45) is 2.95. The SMILES string of the molecule is Cn1cc(C(=O)NCC2(c3ccccc3Cl)CCOCC2)c(-c2ccc(F)cc2F)n1. The van der Waals surface area contributed by atoms with Gasteiger partial charge >= 0.3 is 0 Å². The first-order valence-corrected chi connectivity index (χ1v) is 10.4. The number of nitrogens with one attached hydrogen (secondary N) is 1. The lowest BCUT2D eigenvalue weighted by molar-refractivity contribution is 0.0487. The lowest BCUT2D eigenvalue weighted by Gasteiger charge is -2.38. The molecule has 0 unspecified atom stereocenters. The Morgan fingerprint density at radius 3 is 2.68 bits per heavy atom. The molecule has 1 aromatic heterocycles. The maximum Gasteiger partial charge on any atom is 0.255 e. The van der Waals surface area contributed by atoms with Crippen LogP contribution in [0, 0.1) is 11.6 Å². The van der Waals surface area contributed by atoms with Crippen LogP contribution in [0.1, 0.15) is 28.8 Å². The Bertz CT molecular complexity index is 1110. The summed E-state index contributed by atoms with van der Waals surface area (Å²) < 4.78 is 34.6. The molecule has 31 heavy (non-hydrogen) atoms. The van der Waals surface area contributed by atoms with Crippen LogP contribution in [-0.2, 0) is 17.2 Å². The van der Waals surface area contributed by atoms with Crippen LogP contribution >= 0.6 is 11.6 Å². The molecule has 0 spiro atoms. The highest BCUT2D eigenvalue weighted by molar-refractivity contribution is 6.31. The van der Waals surface area contributed by atoms with E-state index in [9.17, 15) is 13.6 Å². The second-order valence-electron chi connectivity index (χ2n) is 7.74. The summed E-state index contributed by atoms with van der Waals surface area (Å²) >= 11 is 6.48. The van der Waals surface area contributed by atoms with Crippen molar-refractivity contribution >= 4 is 17.5 Å². The maximum atomic E-state index is 14.3. The first-order chi connectivity index (χ1) is 14.9. The molecule has 0 bridgehead atoms. The van der Waals surface area contributed by atoms with Gasteiger partial charge in [-0.15, -0.1) is 0 Å². The number of hydrogen-bond donors (Lipinski definition) is 1. The maximum absolute atomic E-state index is 14.3. The van der Waals surface area contributed by atoms with E-state index in [0.29, 0.717) is 37.6 Å². The van der Waals surface area contributed by atoms with E-state index >= 15 is 0 Å².